The van der Waals surface area contributed by atoms with Gasteiger partial charge in [-0.25, -0.2) is 13.1 Å². The molecule has 0 amide bonds. The molecule has 7 heteroatoms. The Morgan fingerprint density at radius 1 is 1.38 bits per heavy atom. The molecule has 0 spiro atoms. The maximum Gasteiger partial charge on any atom is 0.244 e. The largest absolute Gasteiger partial charge is 0.495 e. The zero-order valence-corrected chi connectivity index (χ0v) is 14.7. The Labute approximate surface area is 134 Å². The summed E-state index contributed by atoms with van der Waals surface area (Å²) in [6.07, 6.45) is 2.38. The van der Waals surface area contributed by atoms with Crippen molar-refractivity contribution in [2.24, 2.45) is 0 Å². The number of rotatable bonds is 6. The number of nitrogens with one attached hydrogen (secondary N) is 1. The minimum atomic E-state index is -3.58. The van der Waals surface area contributed by atoms with Gasteiger partial charge >= 0.3 is 0 Å². The number of hydrogen-bond acceptors (Lipinski definition) is 4. The van der Waals surface area contributed by atoms with E-state index in [4.69, 9.17) is 4.74 Å². The highest BCUT2D eigenvalue weighted by atomic mass is 79.9. The molecule has 1 aromatic carbocycles. The normalized spacial score (nSPS) is 17.9. The first kappa shape index (κ1) is 16.7. The van der Waals surface area contributed by atoms with Gasteiger partial charge in [-0.2, -0.15) is 0 Å². The Bertz CT molecular complexity index is 586. The molecule has 0 radical (unpaired) electrons. The predicted molar refractivity (Wildman–Crippen MR) is 86.2 cm³/mol. The van der Waals surface area contributed by atoms with E-state index < -0.39 is 10.0 Å². The fourth-order valence-electron chi connectivity index (χ4n) is 2.48. The predicted octanol–water partition coefficient (Wildman–Crippen LogP) is 2.22. The number of hydrogen-bond donors (Lipinski definition) is 1. The van der Waals surface area contributed by atoms with E-state index in [-0.39, 0.29) is 10.9 Å². The van der Waals surface area contributed by atoms with Gasteiger partial charge in [0.05, 0.1) is 7.11 Å². The third kappa shape index (κ3) is 4.18. The topological polar surface area (TPSA) is 58.6 Å². The Balaban J connectivity index is 2.09. The van der Waals surface area contributed by atoms with E-state index in [0.717, 1.165) is 13.1 Å². The molecule has 0 aliphatic carbocycles. The number of halogens is 1. The molecule has 0 bridgehead atoms. The lowest BCUT2D eigenvalue weighted by atomic mass is 10.3. The van der Waals surface area contributed by atoms with Crippen molar-refractivity contribution in [2.45, 2.75) is 30.7 Å². The molecule has 1 aliphatic heterocycles. The average molecular weight is 377 g/mol. The highest BCUT2D eigenvalue weighted by Crippen LogP contribution is 2.27. The van der Waals surface area contributed by atoms with Gasteiger partial charge in [-0.1, -0.05) is 15.9 Å². The standard InChI is InChI=1S/C14H21BrN2O3S/c1-11(17-7-3-4-8-17)10-16-21(18,19)14-9-12(15)5-6-13(14)20-2/h5-6,9,11,16H,3-4,7-8,10H2,1-2H3. The van der Waals surface area contributed by atoms with E-state index in [1.807, 2.05) is 6.92 Å². The summed E-state index contributed by atoms with van der Waals surface area (Å²) < 4.78 is 33.4. The van der Waals surface area contributed by atoms with Crippen LogP contribution in [0.1, 0.15) is 19.8 Å². The van der Waals surface area contributed by atoms with Crippen LogP contribution in [0.2, 0.25) is 0 Å². The molecule has 1 unspecified atom stereocenters. The molecular formula is C14H21BrN2O3S. The Hall–Kier alpha value is -0.630. The zero-order valence-electron chi connectivity index (χ0n) is 12.3. The molecule has 5 nitrogen and oxygen atoms in total. The summed E-state index contributed by atoms with van der Waals surface area (Å²) in [6.45, 7) is 4.54. The van der Waals surface area contributed by atoms with Crippen molar-refractivity contribution >= 4 is 26.0 Å². The van der Waals surface area contributed by atoms with Gasteiger partial charge < -0.3 is 4.74 Å². The SMILES string of the molecule is COc1ccc(Br)cc1S(=O)(=O)NCC(C)N1CCCC1. The minimum absolute atomic E-state index is 0.160. The first-order valence-corrected chi connectivity index (χ1v) is 9.29. The maximum absolute atomic E-state index is 12.5. The molecule has 1 heterocycles. The van der Waals surface area contributed by atoms with Crippen LogP contribution in [0.25, 0.3) is 0 Å². The van der Waals surface area contributed by atoms with Crippen molar-refractivity contribution in [1.82, 2.24) is 9.62 Å². The molecular weight excluding hydrogens is 356 g/mol. The molecule has 1 aliphatic rings. The fraction of sp³-hybridized carbons (Fsp3) is 0.571. The average Bonchev–Trinajstić information content (AvgIpc) is 2.99. The number of sulfonamides is 1. The van der Waals surface area contributed by atoms with E-state index in [0.29, 0.717) is 16.8 Å². The number of methoxy groups -OCH3 is 1. The lowest BCUT2D eigenvalue weighted by Crippen LogP contribution is -2.40. The van der Waals surface area contributed by atoms with E-state index in [1.165, 1.54) is 20.0 Å². The van der Waals surface area contributed by atoms with Crippen LogP contribution in [0.5, 0.6) is 5.75 Å². The monoisotopic (exact) mass is 376 g/mol. The molecule has 2 rings (SSSR count). The summed E-state index contributed by atoms with van der Waals surface area (Å²) in [5, 5.41) is 0. The van der Waals surface area contributed by atoms with Gasteiger partial charge in [0.2, 0.25) is 10.0 Å². The first-order chi connectivity index (χ1) is 9.94. The molecule has 1 saturated heterocycles. The van der Waals surface area contributed by atoms with Crippen molar-refractivity contribution < 1.29 is 13.2 Å². The van der Waals surface area contributed by atoms with E-state index in [9.17, 15) is 8.42 Å². The highest BCUT2D eigenvalue weighted by Gasteiger charge is 2.23. The summed E-state index contributed by atoms with van der Waals surface area (Å²) in [6, 6.07) is 5.15. The quantitative estimate of drug-likeness (QED) is 0.826. The van der Waals surface area contributed by atoms with Crippen LogP contribution in [-0.2, 0) is 10.0 Å². The van der Waals surface area contributed by atoms with Crippen LogP contribution in [0, 0.1) is 0 Å². The van der Waals surface area contributed by atoms with Crippen molar-refractivity contribution in [3.63, 3.8) is 0 Å². The number of ether oxygens (including phenoxy) is 1. The summed E-state index contributed by atoms with van der Waals surface area (Å²) in [5.74, 6) is 0.347. The smallest absolute Gasteiger partial charge is 0.244 e. The molecule has 0 saturated carbocycles. The highest BCUT2D eigenvalue weighted by molar-refractivity contribution is 9.10. The van der Waals surface area contributed by atoms with Crippen LogP contribution in [-0.4, -0.2) is 46.1 Å². The van der Waals surface area contributed by atoms with Crippen LogP contribution < -0.4 is 9.46 Å². The summed E-state index contributed by atoms with van der Waals surface area (Å²) >= 11 is 3.30. The molecule has 1 atom stereocenters. The van der Waals surface area contributed by atoms with Gasteiger partial charge in [0.25, 0.3) is 0 Å². The maximum atomic E-state index is 12.5. The van der Waals surface area contributed by atoms with Gasteiger partial charge in [0.1, 0.15) is 10.6 Å². The van der Waals surface area contributed by atoms with E-state index in [2.05, 4.69) is 25.6 Å². The third-order valence-corrected chi connectivity index (χ3v) is 5.69. The zero-order chi connectivity index (χ0) is 15.5. The molecule has 21 heavy (non-hydrogen) atoms. The number of benzene rings is 1. The van der Waals surface area contributed by atoms with Crippen molar-refractivity contribution in [1.29, 1.82) is 0 Å². The van der Waals surface area contributed by atoms with Crippen LogP contribution in [0.3, 0.4) is 0 Å². The van der Waals surface area contributed by atoms with Crippen molar-refractivity contribution in [2.75, 3.05) is 26.7 Å². The van der Waals surface area contributed by atoms with Crippen LogP contribution >= 0.6 is 15.9 Å². The van der Waals surface area contributed by atoms with Crippen LogP contribution in [0.4, 0.5) is 0 Å². The van der Waals surface area contributed by atoms with Crippen LogP contribution in [0.15, 0.2) is 27.6 Å². The molecule has 0 aromatic heterocycles. The van der Waals surface area contributed by atoms with E-state index >= 15 is 0 Å². The van der Waals surface area contributed by atoms with Gasteiger partial charge in [0.15, 0.2) is 0 Å². The third-order valence-electron chi connectivity index (χ3n) is 3.75. The van der Waals surface area contributed by atoms with E-state index in [1.54, 1.807) is 18.2 Å². The molecule has 118 valence electrons. The van der Waals surface area contributed by atoms with Crippen molar-refractivity contribution in [3.8, 4) is 5.75 Å². The summed E-state index contributed by atoms with van der Waals surface area (Å²) in [5.41, 5.74) is 0. The number of nitrogens with zero attached hydrogens (tertiary/aromatic N) is 1. The summed E-state index contributed by atoms with van der Waals surface area (Å²) in [7, 11) is -2.11. The Morgan fingerprint density at radius 2 is 2.05 bits per heavy atom. The molecule has 1 N–H and O–H groups in total. The lowest BCUT2D eigenvalue weighted by molar-refractivity contribution is 0.260. The Kier molecular flexibility index (Phi) is 5.65. The van der Waals surface area contributed by atoms with Gasteiger partial charge in [-0.05, 0) is 51.1 Å². The lowest BCUT2D eigenvalue weighted by Gasteiger charge is -2.24. The second-order valence-electron chi connectivity index (χ2n) is 5.24. The van der Waals surface area contributed by atoms with Crippen molar-refractivity contribution in [3.05, 3.63) is 22.7 Å². The second-order valence-corrected chi connectivity index (χ2v) is 7.89. The minimum Gasteiger partial charge on any atom is -0.495 e. The van der Waals surface area contributed by atoms with Gasteiger partial charge in [-0.15, -0.1) is 0 Å². The Morgan fingerprint density at radius 3 is 2.67 bits per heavy atom. The fourth-order valence-corrected chi connectivity index (χ4v) is 4.31. The number of likely N-dealkylation sites (tertiary alicyclic amines) is 1. The summed E-state index contributed by atoms with van der Waals surface area (Å²) in [4.78, 5) is 2.47. The van der Waals surface area contributed by atoms with Gasteiger partial charge in [0, 0.05) is 17.1 Å². The van der Waals surface area contributed by atoms with Gasteiger partial charge in [-0.3, -0.25) is 4.90 Å². The molecule has 1 fully saturated rings. The first-order valence-electron chi connectivity index (χ1n) is 7.01. The second kappa shape index (κ2) is 7.09. The molecule has 1 aromatic rings.